The minimum absolute atomic E-state index is 0.906. The lowest BCUT2D eigenvalue weighted by Gasteiger charge is -2.27. The van der Waals surface area contributed by atoms with Crippen LogP contribution >= 0.6 is 0 Å². The third-order valence-corrected chi connectivity index (χ3v) is 1.77. The molecule has 0 amide bonds. The van der Waals surface area contributed by atoms with Crippen LogP contribution in [-0.4, -0.2) is 73.0 Å². The molecule has 16 heavy (non-hydrogen) atoms. The average Bonchev–Trinajstić information content (AvgIpc) is 2.23. The van der Waals surface area contributed by atoms with Gasteiger partial charge in [-0.05, 0) is 0 Å². The largest absolute Gasteiger partial charge is 0.394 e. The van der Waals surface area contributed by atoms with Crippen molar-refractivity contribution >= 4 is 0 Å². The maximum atomic E-state index is 9.78. The monoisotopic (exact) mass is 243 g/mol. The highest BCUT2D eigenvalue weighted by molar-refractivity contribution is 4.81. The van der Waals surface area contributed by atoms with Gasteiger partial charge in [0.15, 0.2) is 0 Å². The Labute approximate surface area is 89.0 Å². The van der Waals surface area contributed by atoms with E-state index in [2.05, 4.69) is 4.84 Å². The molecule has 5 atom stereocenters. The molecule has 10 nitrogen and oxygen atoms in total. The van der Waals surface area contributed by atoms with E-state index in [9.17, 15) is 10.1 Å². The minimum atomic E-state index is -2.38. The van der Waals surface area contributed by atoms with E-state index in [-0.39, 0.29) is 0 Å². The highest BCUT2D eigenvalue weighted by Crippen LogP contribution is 2.09. The molecule has 0 aliphatic carbocycles. The first kappa shape index (κ1) is 15.0. The van der Waals surface area contributed by atoms with E-state index >= 15 is 0 Å². The molecular weight excluding hydrogens is 230 g/mol. The van der Waals surface area contributed by atoms with E-state index in [1.54, 1.807) is 0 Å². The predicted octanol–water partition coefficient (Wildman–Crippen LogP) is -4.05. The topological polar surface area (TPSA) is 174 Å². The summed E-state index contributed by atoms with van der Waals surface area (Å²) in [4.78, 5) is 13.3. The normalized spacial score (nSPS) is 20.6. The van der Waals surface area contributed by atoms with Gasteiger partial charge in [0.05, 0.1) is 6.61 Å². The first-order valence-electron chi connectivity index (χ1n) is 4.13. The molecule has 10 heteroatoms. The number of hydrogen-bond donors (Lipinski definition) is 6. The van der Waals surface area contributed by atoms with Crippen molar-refractivity contribution < 1.29 is 40.6 Å². The molecule has 96 valence electrons. The van der Waals surface area contributed by atoms with Crippen molar-refractivity contribution in [1.29, 1.82) is 0 Å². The van der Waals surface area contributed by atoms with E-state index in [4.69, 9.17) is 30.6 Å². The lowest BCUT2D eigenvalue weighted by molar-refractivity contribution is -0.782. The molecule has 0 aromatic rings. The zero-order valence-electron chi connectivity index (χ0n) is 7.95. The van der Waals surface area contributed by atoms with Gasteiger partial charge in [-0.2, -0.15) is 0 Å². The van der Waals surface area contributed by atoms with Crippen molar-refractivity contribution in [2.24, 2.45) is 0 Å². The summed E-state index contributed by atoms with van der Waals surface area (Å²) in [5.41, 5.74) is 0. The van der Waals surface area contributed by atoms with Gasteiger partial charge in [-0.25, -0.2) is 0 Å². The van der Waals surface area contributed by atoms with Crippen LogP contribution in [-0.2, 0) is 4.84 Å². The molecule has 0 aliphatic heterocycles. The Hall–Kier alpha value is -1.04. The standard InChI is InChI=1S/C6H13NO9/c8-1-2(9)3(10)4(11)5(12)6(13)16-7(14)15/h2-6,8-13H,1H2/t2-,3-,4+,5+,6?/m1/s1. The molecule has 0 rings (SSSR count). The van der Waals surface area contributed by atoms with E-state index < -0.39 is 42.4 Å². The van der Waals surface area contributed by atoms with Crippen LogP contribution in [0.1, 0.15) is 0 Å². The van der Waals surface area contributed by atoms with Crippen molar-refractivity contribution in [3.8, 4) is 0 Å². The van der Waals surface area contributed by atoms with Gasteiger partial charge >= 0.3 is 0 Å². The van der Waals surface area contributed by atoms with Gasteiger partial charge < -0.3 is 30.6 Å². The second-order valence-corrected chi connectivity index (χ2v) is 2.94. The highest BCUT2D eigenvalue weighted by atomic mass is 17.0. The van der Waals surface area contributed by atoms with Gasteiger partial charge in [-0.3, -0.25) is 4.84 Å². The number of hydrogen-bond acceptors (Lipinski definition) is 9. The van der Waals surface area contributed by atoms with E-state index in [0.29, 0.717) is 0 Å². The van der Waals surface area contributed by atoms with Crippen LogP contribution < -0.4 is 0 Å². The molecule has 0 saturated carbocycles. The van der Waals surface area contributed by atoms with Gasteiger partial charge in [-0.1, -0.05) is 0 Å². The smallest absolute Gasteiger partial charge is 0.297 e. The number of aliphatic hydroxyl groups excluding tert-OH is 6. The Kier molecular flexibility index (Phi) is 6.10. The zero-order valence-corrected chi connectivity index (χ0v) is 7.95. The third kappa shape index (κ3) is 4.22. The first-order valence-corrected chi connectivity index (χ1v) is 4.13. The van der Waals surface area contributed by atoms with Crippen LogP contribution in [0.25, 0.3) is 0 Å². The summed E-state index contributed by atoms with van der Waals surface area (Å²) >= 11 is 0. The number of aliphatic hydroxyl groups is 6. The molecule has 0 bridgehead atoms. The molecule has 0 aliphatic rings. The van der Waals surface area contributed by atoms with E-state index in [0.717, 1.165) is 0 Å². The van der Waals surface area contributed by atoms with Crippen LogP contribution in [0.15, 0.2) is 0 Å². The third-order valence-electron chi connectivity index (χ3n) is 1.77. The summed E-state index contributed by atoms with van der Waals surface area (Å²) in [5, 5.41) is 61.8. The fourth-order valence-electron chi connectivity index (χ4n) is 0.857. The van der Waals surface area contributed by atoms with Crippen molar-refractivity contribution in [3.05, 3.63) is 10.1 Å². The molecule has 0 aromatic carbocycles. The SMILES string of the molecule is O=[N+]([O-])OC(O)[C@@H](O)[C@@H](O)[C@H](O)[C@H](O)CO. The summed E-state index contributed by atoms with van der Waals surface area (Å²) in [6.07, 6.45) is -10.5. The Balaban J connectivity index is 4.35. The fourth-order valence-corrected chi connectivity index (χ4v) is 0.857. The van der Waals surface area contributed by atoms with Gasteiger partial charge in [0.2, 0.25) is 6.29 Å². The lowest BCUT2D eigenvalue weighted by atomic mass is 10.0. The molecule has 0 heterocycles. The first-order chi connectivity index (χ1) is 7.31. The maximum absolute atomic E-state index is 9.78. The zero-order chi connectivity index (χ0) is 12.9. The molecule has 0 saturated heterocycles. The van der Waals surface area contributed by atoms with Crippen LogP contribution in [0.4, 0.5) is 0 Å². The molecule has 0 aromatic heterocycles. The van der Waals surface area contributed by atoms with Crippen LogP contribution in [0.5, 0.6) is 0 Å². The Morgan fingerprint density at radius 3 is 1.94 bits per heavy atom. The molecule has 6 N–H and O–H groups in total. The second kappa shape index (κ2) is 6.52. The number of rotatable bonds is 7. The second-order valence-electron chi connectivity index (χ2n) is 2.94. The van der Waals surface area contributed by atoms with Crippen LogP contribution in [0.3, 0.4) is 0 Å². The van der Waals surface area contributed by atoms with E-state index in [1.165, 1.54) is 0 Å². The summed E-state index contributed by atoms with van der Waals surface area (Å²) < 4.78 is 0. The molecule has 0 spiro atoms. The average molecular weight is 243 g/mol. The predicted molar refractivity (Wildman–Crippen MR) is 45.2 cm³/mol. The lowest BCUT2D eigenvalue weighted by Crippen LogP contribution is -2.50. The van der Waals surface area contributed by atoms with E-state index in [1.807, 2.05) is 0 Å². The highest BCUT2D eigenvalue weighted by Gasteiger charge is 2.35. The summed E-state index contributed by atoms with van der Waals surface area (Å²) in [7, 11) is 0. The Bertz CT molecular complexity index is 224. The van der Waals surface area contributed by atoms with Crippen molar-refractivity contribution in [3.63, 3.8) is 0 Å². The number of nitrogens with zero attached hydrogens (tertiary/aromatic N) is 1. The van der Waals surface area contributed by atoms with Gasteiger partial charge in [-0.15, -0.1) is 10.1 Å². The van der Waals surface area contributed by atoms with Crippen LogP contribution in [0, 0.1) is 10.1 Å². The molecule has 0 fully saturated rings. The Morgan fingerprint density at radius 2 is 1.56 bits per heavy atom. The van der Waals surface area contributed by atoms with Gasteiger partial charge in [0.25, 0.3) is 5.09 Å². The molecular formula is C6H13NO9. The van der Waals surface area contributed by atoms with Gasteiger partial charge in [0.1, 0.15) is 24.4 Å². The summed E-state index contributed by atoms with van der Waals surface area (Å²) in [6.45, 7) is -0.906. The molecule has 0 radical (unpaired) electrons. The quantitative estimate of drug-likeness (QED) is 0.148. The summed E-state index contributed by atoms with van der Waals surface area (Å²) in [5.74, 6) is 0. The van der Waals surface area contributed by atoms with Crippen molar-refractivity contribution in [1.82, 2.24) is 0 Å². The fraction of sp³-hybridized carbons (Fsp3) is 1.00. The summed E-state index contributed by atoms with van der Waals surface area (Å²) in [6, 6.07) is 0. The van der Waals surface area contributed by atoms with Crippen molar-refractivity contribution in [2.75, 3.05) is 6.61 Å². The maximum Gasteiger partial charge on any atom is 0.297 e. The minimum Gasteiger partial charge on any atom is -0.394 e. The Morgan fingerprint density at radius 1 is 1.06 bits per heavy atom. The van der Waals surface area contributed by atoms with Crippen LogP contribution in [0.2, 0.25) is 0 Å². The van der Waals surface area contributed by atoms with Crippen molar-refractivity contribution in [2.45, 2.75) is 30.7 Å². The van der Waals surface area contributed by atoms with Gasteiger partial charge in [0, 0.05) is 0 Å². The molecule has 1 unspecified atom stereocenters.